The van der Waals surface area contributed by atoms with E-state index >= 15 is 0 Å². The second-order valence-electron chi connectivity index (χ2n) is 2.71. The van der Waals surface area contributed by atoms with Crippen molar-refractivity contribution in [1.29, 1.82) is 0 Å². The van der Waals surface area contributed by atoms with Crippen LogP contribution in [0.15, 0.2) is 0 Å². The summed E-state index contributed by atoms with van der Waals surface area (Å²) in [7, 11) is 0. The molecule has 0 radical (unpaired) electrons. The first-order valence-electron chi connectivity index (χ1n) is 3.66. The summed E-state index contributed by atoms with van der Waals surface area (Å²) in [6, 6.07) is 0.391. The number of nitrogens with two attached hydrogens (primary N) is 1. The van der Waals surface area contributed by atoms with Crippen LogP contribution in [0.5, 0.6) is 0 Å². The molecule has 2 N–H and O–H groups in total. The van der Waals surface area contributed by atoms with Crippen molar-refractivity contribution in [3.05, 3.63) is 0 Å². The summed E-state index contributed by atoms with van der Waals surface area (Å²) in [5.74, 6) is 3.21. The molecule has 0 rings (SSSR count). The van der Waals surface area contributed by atoms with Crippen molar-refractivity contribution in [2.45, 2.75) is 13.0 Å². The molecule has 0 aromatic rings. The summed E-state index contributed by atoms with van der Waals surface area (Å²) >= 11 is 6.76. The first-order chi connectivity index (χ1) is 5.20. The minimum absolute atomic E-state index is 0.391. The zero-order chi connectivity index (χ0) is 8.69. The normalized spacial score (nSPS) is 16.4. The molecule has 0 saturated heterocycles. The third-order valence-corrected chi connectivity index (χ3v) is 5.30. The lowest BCUT2D eigenvalue weighted by atomic mass is 10.3. The molecule has 0 bridgehead atoms. The highest BCUT2D eigenvalue weighted by atomic mass is 127. The van der Waals surface area contributed by atoms with Crippen LogP contribution in [0.3, 0.4) is 0 Å². The Bertz CT molecular complexity index is 82.5. The number of alkyl halides is 2. The summed E-state index contributed by atoms with van der Waals surface area (Å²) in [4.78, 5) is 0. The van der Waals surface area contributed by atoms with E-state index in [1.54, 1.807) is 0 Å². The number of hydrogen-bond acceptors (Lipinski definition) is 2. The van der Waals surface area contributed by atoms with Crippen molar-refractivity contribution in [2.24, 2.45) is 11.7 Å². The highest BCUT2D eigenvalue weighted by Gasteiger charge is 2.02. The Morgan fingerprint density at radius 2 is 1.91 bits per heavy atom. The minimum atomic E-state index is 0.391. The van der Waals surface area contributed by atoms with Gasteiger partial charge in [-0.3, -0.25) is 0 Å². The molecule has 0 aliphatic carbocycles. The minimum Gasteiger partial charge on any atom is -0.326 e. The molecule has 0 aliphatic heterocycles. The maximum atomic E-state index is 5.77. The van der Waals surface area contributed by atoms with E-state index in [1.165, 1.54) is 10.2 Å². The molecule has 4 heteroatoms. The predicted molar refractivity (Wildman–Crippen MR) is 72.2 cm³/mol. The Morgan fingerprint density at radius 1 is 1.27 bits per heavy atom. The quantitative estimate of drug-likeness (QED) is 0.549. The Morgan fingerprint density at radius 3 is 2.36 bits per heavy atom. The van der Waals surface area contributed by atoms with E-state index in [2.05, 4.69) is 52.1 Å². The molecule has 0 heterocycles. The smallest absolute Gasteiger partial charge is 0.0221 e. The van der Waals surface area contributed by atoms with Gasteiger partial charge in [-0.2, -0.15) is 11.8 Å². The van der Waals surface area contributed by atoms with Gasteiger partial charge in [-0.15, -0.1) is 0 Å². The molecule has 2 atom stereocenters. The van der Waals surface area contributed by atoms with Crippen molar-refractivity contribution in [3.8, 4) is 0 Å². The molecule has 0 spiro atoms. The van der Waals surface area contributed by atoms with E-state index in [-0.39, 0.29) is 0 Å². The van der Waals surface area contributed by atoms with Crippen LogP contribution in [-0.4, -0.2) is 26.4 Å². The molecule has 1 unspecified atom stereocenters. The maximum Gasteiger partial charge on any atom is 0.0221 e. The SMILES string of the molecule is CC(CI)CSC[C@H](N)CI. The van der Waals surface area contributed by atoms with E-state index < -0.39 is 0 Å². The van der Waals surface area contributed by atoms with Gasteiger partial charge >= 0.3 is 0 Å². The highest BCUT2D eigenvalue weighted by Crippen LogP contribution is 2.11. The van der Waals surface area contributed by atoms with Crippen molar-refractivity contribution >= 4 is 56.9 Å². The molecule has 0 aromatic heterocycles. The average molecular weight is 399 g/mol. The standard InChI is InChI=1S/C7H15I2NS/c1-6(2-8)4-11-5-7(10)3-9/h6-7H,2-5,10H2,1H3/t6?,7-/m1/s1. The van der Waals surface area contributed by atoms with Crippen molar-refractivity contribution in [2.75, 3.05) is 20.4 Å². The van der Waals surface area contributed by atoms with E-state index in [9.17, 15) is 0 Å². The summed E-state index contributed by atoms with van der Waals surface area (Å²) < 4.78 is 2.33. The van der Waals surface area contributed by atoms with Crippen LogP contribution >= 0.6 is 56.9 Å². The number of halogens is 2. The molecule has 11 heavy (non-hydrogen) atoms. The summed E-state index contributed by atoms with van der Waals surface area (Å²) in [5.41, 5.74) is 5.77. The van der Waals surface area contributed by atoms with E-state index in [0.717, 1.165) is 16.1 Å². The molecule has 68 valence electrons. The van der Waals surface area contributed by atoms with Gasteiger partial charge in [-0.25, -0.2) is 0 Å². The largest absolute Gasteiger partial charge is 0.326 e. The predicted octanol–water partition coefficient (Wildman–Crippen LogP) is 2.55. The fourth-order valence-corrected chi connectivity index (χ4v) is 3.05. The number of thioether (sulfide) groups is 1. The fourth-order valence-electron chi connectivity index (χ4n) is 0.510. The molecule has 0 saturated carbocycles. The topological polar surface area (TPSA) is 26.0 Å². The molecule has 0 aliphatic rings. The van der Waals surface area contributed by atoms with Gasteiger partial charge in [0.05, 0.1) is 0 Å². The van der Waals surface area contributed by atoms with Crippen molar-refractivity contribution in [3.63, 3.8) is 0 Å². The molecule has 1 nitrogen and oxygen atoms in total. The number of rotatable bonds is 6. The van der Waals surface area contributed by atoms with Gasteiger partial charge in [-0.05, 0) is 11.7 Å². The Kier molecular flexibility index (Phi) is 9.72. The second kappa shape index (κ2) is 8.37. The Balaban J connectivity index is 3.13. The van der Waals surface area contributed by atoms with E-state index in [1.807, 2.05) is 11.8 Å². The van der Waals surface area contributed by atoms with Crippen LogP contribution < -0.4 is 5.73 Å². The van der Waals surface area contributed by atoms with Crippen LogP contribution in [0.4, 0.5) is 0 Å². The fraction of sp³-hybridized carbons (Fsp3) is 1.00. The van der Waals surface area contributed by atoms with Crippen LogP contribution in [0.25, 0.3) is 0 Å². The lowest BCUT2D eigenvalue weighted by Gasteiger charge is -2.09. The molecule has 0 fully saturated rings. The van der Waals surface area contributed by atoms with Gasteiger partial charge in [-0.1, -0.05) is 52.1 Å². The lowest BCUT2D eigenvalue weighted by Crippen LogP contribution is -2.24. The molecular formula is C7H15I2NS. The zero-order valence-corrected chi connectivity index (χ0v) is 11.9. The first-order valence-corrected chi connectivity index (χ1v) is 7.86. The van der Waals surface area contributed by atoms with Crippen LogP contribution in [0.1, 0.15) is 6.92 Å². The summed E-state index contributed by atoms with van der Waals surface area (Å²) in [6.07, 6.45) is 0. The van der Waals surface area contributed by atoms with Crippen molar-refractivity contribution in [1.82, 2.24) is 0 Å². The third kappa shape index (κ3) is 8.11. The van der Waals surface area contributed by atoms with E-state index in [0.29, 0.717) is 6.04 Å². The van der Waals surface area contributed by atoms with Crippen LogP contribution in [-0.2, 0) is 0 Å². The van der Waals surface area contributed by atoms with Gasteiger partial charge in [0.1, 0.15) is 0 Å². The summed E-state index contributed by atoms with van der Waals surface area (Å²) in [5, 5.41) is 0. The highest BCUT2D eigenvalue weighted by molar-refractivity contribution is 14.1. The maximum absolute atomic E-state index is 5.77. The van der Waals surface area contributed by atoms with Gasteiger partial charge < -0.3 is 5.73 Å². The Hall–Kier alpha value is 1.77. The average Bonchev–Trinajstić information content (AvgIpc) is 2.04. The van der Waals surface area contributed by atoms with Gasteiger partial charge in [0.15, 0.2) is 0 Å². The molecule has 0 aromatic carbocycles. The van der Waals surface area contributed by atoms with Gasteiger partial charge in [0.25, 0.3) is 0 Å². The molecular weight excluding hydrogens is 384 g/mol. The Labute approximate surface area is 101 Å². The van der Waals surface area contributed by atoms with Crippen LogP contribution in [0.2, 0.25) is 0 Å². The van der Waals surface area contributed by atoms with Crippen LogP contribution in [0, 0.1) is 5.92 Å². The van der Waals surface area contributed by atoms with Gasteiger partial charge in [0, 0.05) is 20.6 Å². The number of hydrogen-bond donors (Lipinski definition) is 1. The zero-order valence-electron chi connectivity index (χ0n) is 6.72. The van der Waals surface area contributed by atoms with Gasteiger partial charge in [0.2, 0.25) is 0 Å². The molecule has 0 amide bonds. The third-order valence-electron chi connectivity index (χ3n) is 1.20. The summed E-state index contributed by atoms with van der Waals surface area (Å²) in [6.45, 7) is 2.29. The lowest BCUT2D eigenvalue weighted by molar-refractivity contribution is 0.773. The monoisotopic (exact) mass is 399 g/mol. The second-order valence-corrected chi connectivity index (χ2v) is 5.55. The van der Waals surface area contributed by atoms with E-state index in [4.69, 9.17) is 5.73 Å². The first kappa shape index (κ1) is 12.8. The van der Waals surface area contributed by atoms with Crippen molar-refractivity contribution < 1.29 is 0 Å².